The van der Waals surface area contributed by atoms with Gasteiger partial charge in [-0.3, -0.25) is 14.4 Å². The van der Waals surface area contributed by atoms with Crippen LogP contribution in [-0.4, -0.2) is 60.9 Å². The number of amides is 2. The lowest BCUT2D eigenvalue weighted by Gasteiger charge is -2.32. The molecule has 0 aromatic carbocycles. The van der Waals surface area contributed by atoms with Gasteiger partial charge in [0.1, 0.15) is 0 Å². The molecule has 2 aliphatic heterocycles. The van der Waals surface area contributed by atoms with Gasteiger partial charge in [0.05, 0.1) is 19.6 Å². The highest BCUT2D eigenvalue weighted by Crippen LogP contribution is 2.19. The average molecular weight is 296 g/mol. The van der Waals surface area contributed by atoms with Crippen molar-refractivity contribution >= 4 is 17.8 Å². The molecular weight excluding hydrogens is 272 g/mol. The zero-order valence-electron chi connectivity index (χ0n) is 12.7. The zero-order chi connectivity index (χ0) is 15.2. The van der Waals surface area contributed by atoms with E-state index in [1.54, 1.807) is 9.80 Å². The minimum atomic E-state index is -0.190. The van der Waals surface area contributed by atoms with Gasteiger partial charge in [-0.2, -0.15) is 0 Å². The summed E-state index contributed by atoms with van der Waals surface area (Å²) >= 11 is 0. The van der Waals surface area contributed by atoms with Crippen LogP contribution in [0.1, 0.15) is 38.5 Å². The van der Waals surface area contributed by atoms with E-state index in [2.05, 4.69) is 0 Å². The molecule has 118 valence electrons. The maximum Gasteiger partial charge on any atom is 0.308 e. The smallest absolute Gasteiger partial charge is 0.308 e. The Morgan fingerprint density at radius 3 is 2.52 bits per heavy atom. The summed E-state index contributed by atoms with van der Waals surface area (Å²) in [4.78, 5) is 39.1. The number of rotatable bonds is 3. The first-order chi connectivity index (χ1) is 10.1. The van der Waals surface area contributed by atoms with Crippen molar-refractivity contribution in [3.63, 3.8) is 0 Å². The molecule has 2 rings (SSSR count). The van der Waals surface area contributed by atoms with Crippen molar-refractivity contribution in [2.75, 3.05) is 33.3 Å². The number of ether oxygens (including phenoxy) is 1. The van der Waals surface area contributed by atoms with Crippen LogP contribution < -0.4 is 0 Å². The molecule has 6 heteroatoms. The number of hydrogen-bond donors (Lipinski definition) is 0. The Morgan fingerprint density at radius 2 is 1.86 bits per heavy atom. The molecule has 2 heterocycles. The number of piperidine rings is 1. The summed E-state index contributed by atoms with van der Waals surface area (Å²) in [7, 11) is 1.39. The Balaban J connectivity index is 1.81. The quantitative estimate of drug-likeness (QED) is 0.723. The van der Waals surface area contributed by atoms with Gasteiger partial charge in [-0.05, 0) is 25.7 Å². The summed E-state index contributed by atoms with van der Waals surface area (Å²) < 4.78 is 4.74. The molecule has 6 nitrogen and oxygen atoms in total. The molecule has 0 unspecified atom stereocenters. The van der Waals surface area contributed by atoms with E-state index in [0.29, 0.717) is 38.9 Å². The Labute approximate surface area is 125 Å². The lowest BCUT2D eigenvalue weighted by Crippen LogP contribution is -2.46. The van der Waals surface area contributed by atoms with Gasteiger partial charge in [0.15, 0.2) is 0 Å². The van der Waals surface area contributed by atoms with E-state index in [9.17, 15) is 14.4 Å². The molecule has 2 saturated heterocycles. The van der Waals surface area contributed by atoms with Crippen LogP contribution in [0.2, 0.25) is 0 Å². The Bertz CT molecular complexity index is 402. The van der Waals surface area contributed by atoms with Crippen LogP contribution in [0.25, 0.3) is 0 Å². The van der Waals surface area contributed by atoms with Gasteiger partial charge in [0.25, 0.3) is 0 Å². The van der Waals surface area contributed by atoms with Crippen LogP contribution >= 0.6 is 0 Å². The SMILES string of the molecule is COC(=O)C1CCN(C(=O)CN2CCCCCC2=O)CC1. The molecular formula is C15H24N2O4. The fourth-order valence-electron chi connectivity index (χ4n) is 3.00. The first kappa shape index (κ1) is 15.8. The molecule has 0 radical (unpaired) electrons. The summed E-state index contributed by atoms with van der Waals surface area (Å²) in [6.07, 6.45) is 4.80. The fourth-order valence-corrected chi connectivity index (χ4v) is 3.00. The number of esters is 1. The molecule has 0 N–H and O–H groups in total. The van der Waals surface area contributed by atoms with Crippen LogP contribution in [0.3, 0.4) is 0 Å². The van der Waals surface area contributed by atoms with Crippen molar-refractivity contribution in [3.05, 3.63) is 0 Å². The molecule has 0 aliphatic carbocycles. The van der Waals surface area contributed by atoms with E-state index in [0.717, 1.165) is 19.3 Å². The van der Waals surface area contributed by atoms with Gasteiger partial charge in [-0.15, -0.1) is 0 Å². The summed E-state index contributed by atoms with van der Waals surface area (Å²) in [5, 5.41) is 0. The number of carbonyl (C=O) groups excluding carboxylic acids is 3. The number of carbonyl (C=O) groups is 3. The monoisotopic (exact) mass is 296 g/mol. The second-order valence-electron chi connectivity index (χ2n) is 5.80. The predicted octanol–water partition coefficient (Wildman–Crippen LogP) is 0.801. The minimum absolute atomic E-state index is 0.00596. The van der Waals surface area contributed by atoms with Crippen molar-refractivity contribution in [1.29, 1.82) is 0 Å². The molecule has 2 aliphatic rings. The topological polar surface area (TPSA) is 66.9 Å². The van der Waals surface area contributed by atoms with Gasteiger partial charge in [0, 0.05) is 26.1 Å². The van der Waals surface area contributed by atoms with Crippen molar-refractivity contribution in [1.82, 2.24) is 9.80 Å². The first-order valence-electron chi connectivity index (χ1n) is 7.75. The molecule has 0 atom stereocenters. The summed E-state index contributed by atoms with van der Waals surface area (Å²) in [5.41, 5.74) is 0. The Hall–Kier alpha value is -1.59. The van der Waals surface area contributed by atoms with Gasteiger partial charge in [-0.1, -0.05) is 6.42 Å². The first-order valence-corrected chi connectivity index (χ1v) is 7.75. The van der Waals surface area contributed by atoms with Crippen LogP contribution in [0, 0.1) is 5.92 Å². The predicted molar refractivity (Wildman–Crippen MR) is 76.4 cm³/mol. The van der Waals surface area contributed by atoms with Gasteiger partial charge < -0.3 is 14.5 Å². The van der Waals surface area contributed by atoms with E-state index >= 15 is 0 Å². The van der Waals surface area contributed by atoms with E-state index in [1.165, 1.54) is 7.11 Å². The highest BCUT2D eigenvalue weighted by atomic mass is 16.5. The minimum Gasteiger partial charge on any atom is -0.469 e. The van der Waals surface area contributed by atoms with Crippen molar-refractivity contribution in [2.45, 2.75) is 38.5 Å². The van der Waals surface area contributed by atoms with Crippen LogP contribution in [0.5, 0.6) is 0 Å². The van der Waals surface area contributed by atoms with Crippen molar-refractivity contribution in [2.24, 2.45) is 5.92 Å². The third kappa shape index (κ3) is 4.19. The molecule has 0 aromatic rings. The molecule has 2 fully saturated rings. The second kappa shape index (κ2) is 7.43. The fraction of sp³-hybridized carbons (Fsp3) is 0.800. The van der Waals surface area contributed by atoms with E-state index in [1.807, 2.05) is 0 Å². The summed E-state index contributed by atoms with van der Waals surface area (Å²) in [6, 6.07) is 0. The number of hydrogen-bond acceptors (Lipinski definition) is 4. The highest BCUT2D eigenvalue weighted by molar-refractivity contribution is 5.85. The third-order valence-corrected chi connectivity index (χ3v) is 4.38. The average Bonchev–Trinajstić information content (AvgIpc) is 2.71. The molecule has 0 bridgehead atoms. The Morgan fingerprint density at radius 1 is 1.14 bits per heavy atom. The maximum absolute atomic E-state index is 12.3. The van der Waals surface area contributed by atoms with Gasteiger partial charge in [-0.25, -0.2) is 0 Å². The number of methoxy groups -OCH3 is 1. The highest BCUT2D eigenvalue weighted by Gasteiger charge is 2.29. The third-order valence-electron chi connectivity index (χ3n) is 4.38. The Kier molecular flexibility index (Phi) is 5.59. The molecule has 0 spiro atoms. The van der Waals surface area contributed by atoms with E-state index in [-0.39, 0.29) is 30.2 Å². The summed E-state index contributed by atoms with van der Waals surface area (Å²) in [5.74, 6) is -0.206. The van der Waals surface area contributed by atoms with Crippen LogP contribution in [0.4, 0.5) is 0 Å². The van der Waals surface area contributed by atoms with E-state index in [4.69, 9.17) is 4.74 Å². The standard InChI is InChI=1S/C15H24N2O4/c1-21-15(20)12-6-9-16(10-7-12)14(19)11-17-8-4-2-3-5-13(17)18/h12H,2-11H2,1H3. The number of nitrogens with zero attached hydrogens (tertiary/aromatic N) is 2. The summed E-state index contributed by atoms with van der Waals surface area (Å²) in [6.45, 7) is 2.01. The maximum atomic E-state index is 12.3. The van der Waals surface area contributed by atoms with Crippen molar-refractivity contribution < 1.29 is 19.1 Å². The lowest BCUT2D eigenvalue weighted by molar-refractivity contribution is -0.149. The van der Waals surface area contributed by atoms with Crippen LogP contribution in [-0.2, 0) is 19.1 Å². The van der Waals surface area contributed by atoms with Crippen LogP contribution in [0.15, 0.2) is 0 Å². The van der Waals surface area contributed by atoms with Gasteiger partial charge in [0.2, 0.25) is 11.8 Å². The van der Waals surface area contributed by atoms with Gasteiger partial charge >= 0.3 is 5.97 Å². The van der Waals surface area contributed by atoms with Crippen molar-refractivity contribution in [3.8, 4) is 0 Å². The molecule has 0 saturated carbocycles. The normalized spacial score (nSPS) is 21.1. The lowest BCUT2D eigenvalue weighted by atomic mass is 9.97. The molecule has 2 amide bonds. The molecule has 0 aromatic heterocycles. The largest absolute Gasteiger partial charge is 0.469 e. The molecule has 21 heavy (non-hydrogen) atoms. The van der Waals surface area contributed by atoms with E-state index < -0.39 is 0 Å². The second-order valence-corrected chi connectivity index (χ2v) is 5.80. The zero-order valence-corrected chi connectivity index (χ0v) is 12.7. The number of likely N-dealkylation sites (tertiary alicyclic amines) is 2.